The second-order valence-electron chi connectivity index (χ2n) is 6.64. The van der Waals surface area contributed by atoms with E-state index in [0.717, 1.165) is 32.0 Å². The molecule has 0 radical (unpaired) electrons. The molecule has 1 saturated heterocycles. The fourth-order valence-electron chi connectivity index (χ4n) is 2.86. The van der Waals surface area contributed by atoms with Crippen molar-refractivity contribution in [1.82, 2.24) is 15.1 Å². The summed E-state index contributed by atoms with van der Waals surface area (Å²) in [5.41, 5.74) is 0.534. The number of hydrogen-bond acceptors (Lipinski definition) is 8. The van der Waals surface area contributed by atoms with Crippen LogP contribution in [0.15, 0.2) is 33.9 Å². The Hall–Kier alpha value is -1.97. The summed E-state index contributed by atoms with van der Waals surface area (Å²) in [5.74, 6) is 1.64. The van der Waals surface area contributed by atoms with Gasteiger partial charge in [-0.05, 0) is 12.0 Å². The molecule has 1 aromatic carbocycles. The zero-order valence-corrected chi connectivity index (χ0v) is 15.6. The first-order chi connectivity index (χ1) is 12.5. The summed E-state index contributed by atoms with van der Waals surface area (Å²) in [5, 5.41) is 19.3. The van der Waals surface area contributed by atoms with Gasteiger partial charge in [0.15, 0.2) is 0 Å². The van der Waals surface area contributed by atoms with Crippen LogP contribution in [0.2, 0.25) is 0 Å². The Morgan fingerprint density at radius 2 is 2.27 bits per heavy atom. The molecule has 0 bridgehead atoms. The van der Waals surface area contributed by atoms with Crippen molar-refractivity contribution in [2.75, 3.05) is 32.0 Å². The minimum Gasteiger partial charge on any atom is -0.411 e. The maximum absolute atomic E-state index is 10.9. The van der Waals surface area contributed by atoms with Crippen molar-refractivity contribution in [3.05, 3.63) is 34.4 Å². The highest BCUT2D eigenvalue weighted by Gasteiger charge is 2.22. The molecule has 2 heterocycles. The summed E-state index contributed by atoms with van der Waals surface area (Å²) in [4.78, 5) is 12.9. The van der Waals surface area contributed by atoms with Crippen molar-refractivity contribution in [3.8, 4) is 11.5 Å². The third-order valence-electron chi connectivity index (χ3n) is 3.95. The van der Waals surface area contributed by atoms with E-state index < -0.39 is 4.92 Å². The van der Waals surface area contributed by atoms with Crippen LogP contribution in [-0.2, 0) is 4.74 Å². The van der Waals surface area contributed by atoms with Crippen molar-refractivity contribution >= 4 is 17.4 Å². The number of aromatic nitrogens is 2. The maximum atomic E-state index is 10.9. The predicted octanol–water partition coefficient (Wildman–Crippen LogP) is 3.09. The minimum absolute atomic E-state index is 0.00393. The van der Waals surface area contributed by atoms with Gasteiger partial charge in [0, 0.05) is 43.1 Å². The van der Waals surface area contributed by atoms with E-state index in [0.29, 0.717) is 16.7 Å². The third kappa shape index (κ3) is 5.03. The number of ether oxygens (including phenoxy) is 1. The first-order valence-electron chi connectivity index (χ1n) is 8.56. The van der Waals surface area contributed by atoms with Gasteiger partial charge >= 0.3 is 0 Å². The van der Waals surface area contributed by atoms with Crippen molar-refractivity contribution in [1.29, 1.82) is 0 Å². The molecule has 0 spiro atoms. The van der Waals surface area contributed by atoms with Crippen LogP contribution in [0.1, 0.15) is 13.8 Å². The first-order valence-corrected chi connectivity index (χ1v) is 9.55. The molecule has 2 aromatic rings. The average Bonchev–Trinajstić information content (AvgIpc) is 3.09. The Bertz CT molecular complexity index is 752. The van der Waals surface area contributed by atoms with Crippen molar-refractivity contribution in [2.45, 2.75) is 25.2 Å². The normalized spacial score (nSPS) is 18.3. The van der Waals surface area contributed by atoms with Crippen LogP contribution in [0.25, 0.3) is 11.5 Å². The van der Waals surface area contributed by atoms with E-state index in [2.05, 4.69) is 28.9 Å². The molecule has 0 N–H and O–H groups in total. The number of rotatable bonds is 7. The summed E-state index contributed by atoms with van der Waals surface area (Å²) in [6.07, 6.45) is 0.126. The van der Waals surface area contributed by atoms with E-state index in [4.69, 9.17) is 9.15 Å². The van der Waals surface area contributed by atoms with E-state index in [1.807, 2.05) is 0 Å². The van der Waals surface area contributed by atoms with Crippen LogP contribution in [0.3, 0.4) is 0 Å². The van der Waals surface area contributed by atoms with Gasteiger partial charge in [-0.3, -0.25) is 15.0 Å². The number of non-ortho nitro benzene ring substituents is 1. The Balaban J connectivity index is 1.57. The van der Waals surface area contributed by atoms with Crippen LogP contribution < -0.4 is 0 Å². The van der Waals surface area contributed by atoms with Crippen molar-refractivity contribution in [2.24, 2.45) is 5.92 Å². The van der Waals surface area contributed by atoms with E-state index in [1.165, 1.54) is 23.9 Å². The Labute approximate surface area is 156 Å². The predicted molar refractivity (Wildman–Crippen MR) is 98.1 cm³/mol. The fraction of sp³-hybridized carbons (Fsp3) is 0.529. The minimum atomic E-state index is -0.446. The van der Waals surface area contributed by atoms with Gasteiger partial charge in [-0.2, -0.15) is 0 Å². The molecule has 3 rings (SSSR count). The highest BCUT2D eigenvalue weighted by atomic mass is 32.2. The molecule has 0 amide bonds. The van der Waals surface area contributed by atoms with Crippen molar-refractivity contribution in [3.63, 3.8) is 0 Å². The number of thioether (sulfide) groups is 1. The van der Waals surface area contributed by atoms with E-state index in [-0.39, 0.29) is 17.7 Å². The molecule has 1 aliphatic rings. The molecule has 0 unspecified atom stereocenters. The van der Waals surface area contributed by atoms with Gasteiger partial charge < -0.3 is 9.15 Å². The molecule has 1 atom stereocenters. The summed E-state index contributed by atoms with van der Waals surface area (Å²) in [6, 6.07) is 6.17. The van der Waals surface area contributed by atoms with Crippen LogP contribution in [-0.4, -0.2) is 58.1 Å². The monoisotopic (exact) mass is 378 g/mol. The van der Waals surface area contributed by atoms with Gasteiger partial charge in [0.05, 0.1) is 17.6 Å². The third-order valence-corrected chi connectivity index (χ3v) is 4.90. The first kappa shape index (κ1) is 18.8. The SMILES string of the molecule is CC(C)CN1CCO[C@H](CSc2nnc(-c3cccc([N+](=O)[O-])c3)o2)C1. The molecule has 8 nitrogen and oxygen atoms in total. The van der Waals surface area contributed by atoms with Crippen LogP contribution >= 0.6 is 11.8 Å². The largest absolute Gasteiger partial charge is 0.411 e. The molecular weight excluding hydrogens is 356 g/mol. The topological polar surface area (TPSA) is 94.5 Å². The average molecular weight is 378 g/mol. The van der Waals surface area contributed by atoms with Gasteiger partial charge in [-0.15, -0.1) is 10.2 Å². The molecule has 1 aliphatic heterocycles. The Morgan fingerprint density at radius 1 is 1.42 bits per heavy atom. The van der Waals surface area contributed by atoms with Crippen LogP contribution in [0.4, 0.5) is 5.69 Å². The second-order valence-corrected chi connectivity index (χ2v) is 7.61. The highest BCUT2D eigenvalue weighted by molar-refractivity contribution is 7.99. The summed E-state index contributed by atoms with van der Waals surface area (Å²) in [7, 11) is 0. The lowest BCUT2D eigenvalue weighted by molar-refractivity contribution is -0.384. The van der Waals surface area contributed by atoms with Crippen LogP contribution in [0, 0.1) is 16.0 Å². The number of nitro groups is 1. The standard InChI is InChI=1S/C17H22N4O4S/c1-12(2)9-20-6-7-24-15(10-20)11-26-17-19-18-16(25-17)13-4-3-5-14(8-13)21(22)23/h3-5,8,12,15H,6-7,9-11H2,1-2H3/t15-/m0/s1. The summed E-state index contributed by atoms with van der Waals surface area (Å²) < 4.78 is 11.5. The van der Waals surface area contributed by atoms with Gasteiger partial charge in [0.2, 0.25) is 5.89 Å². The molecule has 0 aliphatic carbocycles. The number of hydrogen-bond donors (Lipinski definition) is 0. The highest BCUT2D eigenvalue weighted by Crippen LogP contribution is 2.26. The van der Waals surface area contributed by atoms with Crippen LogP contribution in [0.5, 0.6) is 0 Å². The van der Waals surface area contributed by atoms with Gasteiger partial charge in [-0.1, -0.05) is 31.7 Å². The van der Waals surface area contributed by atoms with Crippen molar-refractivity contribution < 1.29 is 14.1 Å². The number of nitro benzene ring substituents is 1. The lowest BCUT2D eigenvalue weighted by Crippen LogP contribution is -2.44. The summed E-state index contributed by atoms with van der Waals surface area (Å²) in [6.45, 7) is 8.11. The lowest BCUT2D eigenvalue weighted by Gasteiger charge is -2.33. The summed E-state index contributed by atoms with van der Waals surface area (Å²) >= 11 is 1.45. The zero-order chi connectivity index (χ0) is 18.5. The smallest absolute Gasteiger partial charge is 0.276 e. The Kier molecular flexibility index (Phi) is 6.23. The Morgan fingerprint density at radius 3 is 3.04 bits per heavy atom. The molecule has 1 fully saturated rings. The van der Waals surface area contributed by atoms with Gasteiger partial charge in [0.25, 0.3) is 10.9 Å². The van der Waals surface area contributed by atoms with E-state index in [9.17, 15) is 10.1 Å². The molecule has 9 heteroatoms. The number of nitrogens with zero attached hydrogens (tertiary/aromatic N) is 4. The quantitative estimate of drug-likeness (QED) is 0.412. The molecule has 0 saturated carbocycles. The molecule has 1 aromatic heterocycles. The van der Waals surface area contributed by atoms with E-state index in [1.54, 1.807) is 12.1 Å². The van der Waals surface area contributed by atoms with Gasteiger partial charge in [0.1, 0.15) is 0 Å². The zero-order valence-electron chi connectivity index (χ0n) is 14.8. The van der Waals surface area contributed by atoms with E-state index >= 15 is 0 Å². The fourth-order valence-corrected chi connectivity index (χ4v) is 3.63. The molecule has 140 valence electrons. The lowest BCUT2D eigenvalue weighted by atomic mass is 10.2. The van der Waals surface area contributed by atoms with Gasteiger partial charge in [-0.25, -0.2) is 0 Å². The second kappa shape index (κ2) is 8.61. The number of morpholine rings is 1. The maximum Gasteiger partial charge on any atom is 0.276 e. The molecular formula is C17H22N4O4S. The number of benzene rings is 1. The molecule has 26 heavy (non-hydrogen) atoms.